The lowest BCUT2D eigenvalue weighted by molar-refractivity contribution is -0.119. The molecule has 0 saturated heterocycles. The van der Waals surface area contributed by atoms with Crippen molar-refractivity contribution in [1.82, 2.24) is 4.90 Å². The molecule has 0 spiro atoms. The van der Waals surface area contributed by atoms with E-state index in [9.17, 15) is 9.59 Å². The first-order valence-corrected chi connectivity index (χ1v) is 10.3. The highest BCUT2D eigenvalue weighted by Gasteiger charge is 2.30. The number of hydrogen-bond acceptors (Lipinski definition) is 3. The Morgan fingerprint density at radius 3 is 2.21 bits per heavy atom. The average molecular weight is 394 g/mol. The van der Waals surface area contributed by atoms with E-state index in [1.54, 1.807) is 0 Å². The molecule has 3 rings (SSSR count). The summed E-state index contributed by atoms with van der Waals surface area (Å²) >= 11 is 0. The van der Waals surface area contributed by atoms with Gasteiger partial charge in [-0.2, -0.15) is 0 Å². The van der Waals surface area contributed by atoms with Crippen molar-refractivity contribution in [3.63, 3.8) is 0 Å². The number of amides is 2. The van der Waals surface area contributed by atoms with Crippen LogP contribution in [0.15, 0.2) is 36.4 Å². The number of carbonyl (C=O) groups is 2. The molecule has 0 bridgehead atoms. The summed E-state index contributed by atoms with van der Waals surface area (Å²) in [5, 5.41) is 6.02. The van der Waals surface area contributed by atoms with Gasteiger partial charge in [0.1, 0.15) is 0 Å². The zero-order chi connectivity index (χ0) is 21.0. The molecule has 1 aliphatic rings. The van der Waals surface area contributed by atoms with Gasteiger partial charge in [0.2, 0.25) is 11.8 Å². The Balaban J connectivity index is 1.53. The molecule has 2 N–H and O–H groups in total. The molecule has 0 heterocycles. The maximum absolute atomic E-state index is 12.6. The molecule has 154 valence electrons. The van der Waals surface area contributed by atoms with Gasteiger partial charge in [0.15, 0.2) is 0 Å². The summed E-state index contributed by atoms with van der Waals surface area (Å²) in [6, 6.07) is 12.5. The second-order valence-electron chi connectivity index (χ2n) is 8.18. The molecule has 0 radical (unpaired) electrons. The van der Waals surface area contributed by atoms with Gasteiger partial charge < -0.3 is 10.6 Å². The number of rotatable bonds is 8. The molecular weight excluding hydrogens is 362 g/mol. The fourth-order valence-electron chi connectivity index (χ4n) is 3.49. The van der Waals surface area contributed by atoms with Gasteiger partial charge in [-0.25, -0.2) is 0 Å². The first-order chi connectivity index (χ1) is 13.8. The van der Waals surface area contributed by atoms with Crippen LogP contribution in [0.3, 0.4) is 0 Å². The van der Waals surface area contributed by atoms with E-state index in [1.807, 2.05) is 58.0 Å². The van der Waals surface area contributed by atoms with Gasteiger partial charge in [-0.15, -0.1) is 0 Å². The Morgan fingerprint density at radius 1 is 0.862 bits per heavy atom. The second kappa shape index (κ2) is 9.23. The van der Waals surface area contributed by atoms with Crippen LogP contribution >= 0.6 is 0 Å². The van der Waals surface area contributed by atoms with Gasteiger partial charge in [-0.3, -0.25) is 14.5 Å². The van der Waals surface area contributed by atoms with Crippen LogP contribution in [0, 0.1) is 27.7 Å². The maximum atomic E-state index is 12.6. The number of aryl methyl sites for hydroxylation is 4. The van der Waals surface area contributed by atoms with E-state index < -0.39 is 0 Å². The highest BCUT2D eigenvalue weighted by molar-refractivity contribution is 5.93. The van der Waals surface area contributed by atoms with Crippen molar-refractivity contribution in [2.24, 2.45) is 0 Å². The van der Waals surface area contributed by atoms with Crippen molar-refractivity contribution in [3.8, 4) is 0 Å². The minimum atomic E-state index is -0.0274. The Kier molecular flexibility index (Phi) is 6.70. The second-order valence-corrected chi connectivity index (χ2v) is 8.18. The third kappa shape index (κ3) is 6.16. The number of carbonyl (C=O) groups excluding carboxylic acids is 2. The Hall–Kier alpha value is -2.66. The van der Waals surface area contributed by atoms with Gasteiger partial charge in [0.05, 0.1) is 6.54 Å². The predicted octanol–water partition coefficient (Wildman–Crippen LogP) is 4.35. The monoisotopic (exact) mass is 393 g/mol. The largest absolute Gasteiger partial charge is 0.326 e. The third-order valence-electron chi connectivity index (χ3n) is 5.36. The number of benzene rings is 2. The van der Waals surface area contributed by atoms with E-state index in [-0.39, 0.29) is 11.8 Å². The summed E-state index contributed by atoms with van der Waals surface area (Å²) < 4.78 is 0. The van der Waals surface area contributed by atoms with E-state index >= 15 is 0 Å². The van der Waals surface area contributed by atoms with Crippen LogP contribution in [0.1, 0.15) is 41.5 Å². The normalized spacial score (nSPS) is 13.4. The van der Waals surface area contributed by atoms with Crippen LogP contribution in [-0.4, -0.2) is 35.8 Å². The maximum Gasteiger partial charge on any atom is 0.238 e. The molecule has 5 nitrogen and oxygen atoms in total. The van der Waals surface area contributed by atoms with E-state index in [0.29, 0.717) is 25.6 Å². The fraction of sp³-hybridized carbons (Fsp3) is 0.417. The molecule has 2 aromatic rings. The minimum absolute atomic E-state index is 0.0162. The fourth-order valence-corrected chi connectivity index (χ4v) is 3.49. The van der Waals surface area contributed by atoms with Gasteiger partial charge in [-0.05, 0) is 69.4 Å². The standard InChI is InChI=1S/C24H31N3O2/c1-16-6-10-21(19(4)13-16)25-23(28)11-12-27(20-8-9-20)15-24(29)26-22-14-17(2)5-7-18(22)3/h5-7,10,13-14,20H,8-9,11-12,15H2,1-4H3,(H,25,28)(H,26,29). The van der Waals surface area contributed by atoms with Gasteiger partial charge >= 0.3 is 0 Å². The van der Waals surface area contributed by atoms with Crippen molar-refractivity contribution >= 4 is 23.2 Å². The molecule has 0 aliphatic heterocycles. The van der Waals surface area contributed by atoms with Crippen LogP contribution in [-0.2, 0) is 9.59 Å². The van der Waals surface area contributed by atoms with Gasteiger partial charge in [0.25, 0.3) is 0 Å². The molecule has 2 aromatic carbocycles. The molecule has 1 fully saturated rings. The Bertz CT molecular complexity index is 903. The van der Waals surface area contributed by atoms with Crippen molar-refractivity contribution < 1.29 is 9.59 Å². The number of nitrogens with one attached hydrogen (secondary N) is 2. The Morgan fingerprint density at radius 2 is 1.52 bits per heavy atom. The van der Waals surface area contributed by atoms with E-state index in [0.717, 1.165) is 40.9 Å². The van der Waals surface area contributed by atoms with Crippen molar-refractivity contribution in [3.05, 3.63) is 58.7 Å². The molecule has 1 aliphatic carbocycles. The first-order valence-electron chi connectivity index (χ1n) is 10.3. The van der Waals surface area contributed by atoms with Crippen LogP contribution in [0.4, 0.5) is 11.4 Å². The highest BCUT2D eigenvalue weighted by Crippen LogP contribution is 2.27. The lowest BCUT2D eigenvalue weighted by Gasteiger charge is -2.21. The smallest absolute Gasteiger partial charge is 0.238 e. The quantitative estimate of drug-likeness (QED) is 0.701. The van der Waals surface area contributed by atoms with E-state index in [1.165, 1.54) is 5.56 Å². The summed E-state index contributed by atoms with van der Waals surface area (Å²) in [6.45, 7) is 8.94. The van der Waals surface area contributed by atoms with Gasteiger partial charge in [0, 0.05) is 30.4 Å². The van der Waals surface area contributed by atoms with Crippen LogP contribution < -0.4 is 10.6 Å². The van der Waals surface area contributed by atoms with Crippen molar-refractivity contribution in [2.45, 2.75) is 53.0 Å². The van der Waals surface area contributed by atoms with Crippen LogP contribution in [0.2, 0.25) is 0 Å². The summed E-state index contributed by atoms with van der Waals surface area (Å²) in [5.41, 5.74) is 6.12. The SMILES string of the molecule is Cc1ccc(NC(=O)CCN(CC(=O)Nc2cc(C)ccc2C)C2CC2)c(C)c1. The minimum Gasteiger partial charge on any atom is -0.326 e. The Labute approximate surface area is 173 Å². The van der Waals surface area contributed by atoms with Gasteiger partial charge in [-0.1, -0.05) is 29.8 Å². The molecule has 0 unspecified atom stereocenters. The average Bonchev–Trinajstić information content (AvgIpc) is 3.49. The van der Waals surface area contributed by atoms with E-state index in [2.05, 4.69) is 21.6 Å². The molecule has 2 amide bonds. The lowest BCUT2D eigenvalue weighted by atomic mass is 10.1. The van der Waals surface area contributed by atoms with Crippen LogP contribution in [0.25, 0.3) is 0 Å². The zero-order valence-electron chi connectivity index (χ0n) is 17.8. The molecule has 0 atom stereocenters. The number of hydrogen-bond donors (Lipinski definition) is 2. The topological polar surface area (TPSA) is 61.4 Å². The summed E-state index contributed by atoms with van der Waals surface area (Å²) in [5.74, 6) is -0.0436. The van der Waals surface area contributed by atoms with Crippen LogP contribution in [0.5, 0.6) is 0 Å². The van der Waals surface area contributed by atoms with E-state index in [4.69, 9.17) is 0 Å². The molecule has 0 aromatic heterocycles. The lowest BCUT2D eigenvalue weighted by Crippen LogP contribution is -2.37. The highest BCUT2D eigenvalue weighted by atomic mass is 16.2. The molecular formula is C24H31N3O2. The summed E-state index contributed by atoms with van der Waals surface area (Å²) in [6.07, 6.45) is 2.56. The van der Waals surface area contributed by atoms with Crippen molar-refractivity contribution in [2.75, 3.05) is 23.7 Å². The summed E-state index contributed by atoms with van der Waals surface area (Å²) in [7, 11) is 0. The predicted molar refractivity (Wildman–Crippen MR) is 118 cm³/mol. The summed E-state index contributed by atoms with van der Waals surface area (Å²) in [4.78, 5) is 27.1. The number of anilines is 2. The first kappa shape index (κ1) is 21.1. The third-order valence-corrected chi connectivity index (χ3v) is 5.36. The molecule has 29 heavy (non-hydrogen) atoms. The zero-order valence-corrected chi connectivity index (χ0v) is 17.8. The van der Waals surface area contributed by atoms with Crippen molar-refractivity contribution in [1.29, 1.82) is 0 Å². The number of nitrogens with zero attached hydrogens (tertiary/aromatic N) is 1. The molecule has 1 saturated carbocycles. The molecule has 5 heteroatoms.